The second kappa shape index (κ2) is 8.16. The lowest BCUT2D eigenvalue weighted by Crippen LogP contribution is -2.49. The molecule has 1 atom stereocenters. The molecule has 148 valence electrons. The normalized spacial score (nSPS) is 13.5. The molecule has 0 saturated carbocycles. The first-order chi connectivity index (χ1) is 13.0. The second-order valence-corrected chi connectivity index (χ2v) is 5.85. The highest BCUT2D eigenvalue weighted by atomic mass is 19.4. The predicted octanol–water partition coefficient (Wildman–Crippen LogP) is 3.52. The van der Waals surface area contributed by atoms with Gasteiger partial charge in [-0.15, -0.1) is 0 Å². The summed E-state index contributed by atoms with van der Waals surface area (Å²) in [4.78, 5) is 18.8. The molecule has 0 aliphatic heterocycles. The van der Waals surface area contributed by atoms with Crippen LogP contribution in [-0.4, -0.2) is 28.0 Å². The van der Waals surface area contributed by atoms with E-state index in [2.05, 4.69) is 15.3 Å². The third-order valence-electron chi connectivity index (χ3n) is 3.50. The van der Waals surface area contributed by atoms with E-state index < -0.39 is 42.2 Å². The summed E-state index contributed by atoms with van der Waals surface area (Å²) in [6.45, 7) is 0.767. The van der Waals surface area contributed by atoms with Gasteiger partial charge < -0.3 is 10.1 Å². The number of alkyl halides is 5. The van der Waals surface area contributed by atoms with Crippen molar-refractivity contribution in [1.29, 1.82) is 5.26 Å². The van der Waals surface area contributed by atoms with E-state index >= 15 is 0 Å². The minimum Gasteiger partial charge on any atom is -0.474 e. The Morgan fingerprint density at radius 3 is 2.43 bits per heavy atom. The molecule has 0 aliphatic rings. The summed E-state index contributed by atoms with van der Waals surface area (Å²) in [6.07, 6.45) is -6.73. The van der Waals surface area contributed by atoms with Gasteiger partial charge in [0.1, 0.15) is 12.9 Å². The maximum absolute atomic E-state index is 12.6. The maximum atomic E-state index is 12.6. The van der Waals surface area contributed by atoms with Gasteiger partial charge in [-0.05, 0) is 19.1 Å². The van der Waals surface area contributed by atoms with Crippen LogP contribution in [0.15, 0.2) is 36.7 Å². The molecular weight excluding hydrogens is 387 g/mol. The number of halogens is 5. The fourth-order valence-corrected chi connectivity index (χ4v) is 1.99. The highest BCUT2D eigenvalue weighted by molar-refractivity contribution is 5.95. The van der Waals surface area contributed by atoms with Gasteiger partial charge in [0.15, 0.2) is 11.2 Å². The zero-order chi connectivity index (χ0) is 20.9. The van der Waals surface area contributed by atoms with Crippen molar-refractivity contribution in [2.24, 2.45) is 0 Å². The number of amides is 1. The molecule has 28 heavy (non-hydrogen) atoms. The number of aromatic nitrogens is 2. The number of carbonyl (C=O) groups is 1. The molecule has 0 radical (unpaired) electrons. The van der Waals surface area contributed by atoms with Gasteiger partial charge in [0.05, 0.1) is 6.07 Å². The van der Waals surface area contributed by atoms with Crippen molar-refractivity contribution in [2.75, 3.05) is 6.61 Å². The predicted molar refractivity (Wildman–Crippen MR) is 85.4 cm³/mol. The molecule has 1 heterocycles. The summed E-state index contributed by atoms with van der Waals surface area (Å²) < 4.78 is 68.1. The molecule has 0 saturated heterocycles. The molecule has 6 nitrogen and oxygen atoms in total. The molecule has 0 bridgehead atoms. The smallest absolute Gasteiger partial charge is 0.433 e. The van der Waals surface area contributed by atoms with E-state index in [-0.39, 0.29) is 11.1 Å². The minimum absolute atomic E-state index is 0.0206. The van der Waals surface area contributed by atoms with Crippen LogP contribution in [0.1, 0.15) is 35.0 Å². The number of rotatable bonds is 6. The Morgan fingerprint density at radius 1 is 1.25 bits per heavy atom. The summed E-state index contributed by atoms with van der Waals surface area (Å²) in [5.74, 6) is -1.17. The van der Waals surface area contributed by atoms with Crippen molar-refractivity contribution < 1.29 is 31.5 Å². The Hall–Kier alpha value is -3.29. The molecule has 0 spiro atoms. The van der Waals surface area contributed by atoms with Gasteiger partial charge in [-0.2, -0.15) is 18.4 Å². The Bertz CT molecular complexity index is 880. The van der Waals surface area contributed by atoms with E-state index in [1.807, 2.05) is 0 Å². The number of carbonyl (C=O) groups excluding carboxylic acids is 1. The van der Waals surface area contributed by atoms with Crippen LogP contribution in [-0.2, 0) is 6.18 Å². The van der Waals surface area contributed by atoms with Gasteiger partial charge >= 0.3 is 6.18 Å². The van der Waals surface area contributed by atoms with Crippen LogP contribution < -0.4 is 10.1 Å². The van der Waals surface area contributed by atoms with Crippen LogP contribution in [0.5, 0.6) is 5.88 Å². The highest BCUT2D eigenvalue weighted by Gasteiger charge is 2.33. The van der Waals surface area contributed by atoms with E-state index in [0.717, 1.165) is 24.3 Å². The average Bonchev–Trinajstić information content (AvgIpc) is 2.66. The van der Waals surface area contributed by atoms with Crippen LogP contribution in [0.4, 0.5) is 22.0 Å². The van der Waals surface area contributed by atoms with Gasteiger partial charge in [-0.3, -0.25) is 4.79 Å². The number of hydrogen-bond donors (Lipinski definition) is 1. The number of nitriles is 1. The fourth-order valence-electron chi connectivity index (χ4n) is 1.99. The van der Waals surface area contributed by atoms with Gasteiger partial charge in [0, 0.05) is 17.2 Å². The van der Waals surface area contributed by atoms with Crippen molar-refractivity contribution in [1.82, 2.24) is 15.3 Å². The van der Waals surface area contributed by atoms with Gasteiger partial charge in [-0.25, -0.2) is 18.7 Å². The fraction of sp³-hybridized carbons (Fsp3) is 0.294. The van der Waals surface area contributed by atoms with E-state index in [0.29, 0.717) is 12.4 Å². The Labute approximate surface area is 156 Å². The quantitative estimate of drug-likeness (QED) is 0.750. The van der Waals surface area contributed by atoms with Crippen LogP contribution in [0.3, 0.4) is 0 Å². The van der Waals surface area contributed by atoms with Crippen molar-refractivity contribution in [3.05, 3.63) is 53.5 Å². The molecule has 11 heteroatoms. The second-order valence-electron chi connectivity index (χ2n) is 5.85. The number of benzene rings is 1. The topological polar surface area (TPSA) is 87.9 Å². The zero-order valence-electron chi connectivity index (χ0n) is 14.3. The highest BCUT2D eigenvalue weighted by Crippen LogP contribution is 2.28. The Balaban J connectivity index is 2.07. The van der Waals surface area contributed by atoms with Crippen LogP contribution >= 0.6 is 0 Å². The van der Waals surface area contributed by atoms with Gasteiger partial charge in [-0.1, -0.05) is 12.1 Å². The van der Waals surface area contributed by atoms with Gasteiger partial charge in [0.2, 0.25) is 5.88 Å². The Morgan fingerprint density at radius 2 is 1.89 bits per heavy atom. The molecule has 1 N–H and O–H groups in total. The van der Waals surface area contributed by atoms with Crippen molar-refractivity contribution in [2.45, 2.75) is 25.1 Å². The molecule has 1 unspecified atom stereocenters. The number of hydrogen-bond acceptors (Lipinski definition) is 5. The number of nitrogens with zero attached hydrogens (tertiary/aromatic N) is 3. The molecule has 2 aromatic rings. The molecule has 0 fully saturated rings. The number of ether oxygens (including phenoxy) is 1. The lowest BCUT2D eigenvalue weighted by Gasteiger charge is -2.23. The summed E-state index contributed by atoms with van der Waals surface area (Å²) in [5, 5.41) is 11.6. The monoisotopic (exact) mass is 400 g/mol. The maximum Gasteiger partial charge on any atom is 0.433 e. The standard InChI is InChI=1S/C17H13F5N4O2/c1-16(7-23,8-28-13-6-12(17(20,21)22)24-9-25-13)26-15(27)11-4-2-10(3-5-11)14(18)19/h2-6,9,14H,8H2,1H3,(H,26,27). The molecule has 2 rings (SSSR count). The molecule has 1 aromatic heterocycles. The third kappa shape index (κ3) is 5.35. The first kappa shape index (κ1) is 21.0. The van der Waals surface area contributed by atoms with Crippen LogP contribution in [0.2, 0.25) is 0 Å². The lowest BCUT2D eigenvalue weighted by molar-refractivity contribution is -0.141. The molecular formula is C17H13F5N4O2. The van der Waals surface area contributed by atoms with Crippen molar-refractivity contribution >= 4 is 5.91 Å². The largest absolute Gasteiger partial charge is 0.474 e. The third-order valence-corrected chi connectivity index (χ3v) is 3.50. The van der Waals surface area contributed by atoms with Crippen molar-refractivity contribution in [3.8, 4) is 11.9 Å². The lowest BCUT2D eigenvalue weighted by atomic mass is 10.0. The molecule has 1 amide bonds. The minimum atomic E-state index is -4.70. The zero-order valence-corrected chi connectivity index (χ0v) is 14.3. The van der Waals surface area contributed by atoms with E-state index in [1.165, 1.54) is 6.92 Å². The van der Waals surface area contributed by atoms with Crippen molar-refractivity contribution in [3.63, 3.8) is 0 Å². The van der Waals surface area contributed by atoms with Crippen LogP contribution in [0.25, 0.3) is 0 Å². The summed E-state index contributed by atoms with van der Waals surface area (Å²) in [7, 11) is 0. The van der Waals surface area contributed by atoms with E-state index in [1.54, 1.807) is 6.07 Å². The Kier molecular flexibility index (Phi) is 6.12. The molecule has 0 aliphatic carbocycles. The van der Waals surface area contributed by atoms with Crippen LogP contribution in [0, 0.1) is 11.3 Å². The van der Waals surface area contributed by atoms with Gasteiger partial charge in [0.25, 0.3) is 12.3 Å². The van der Waals surface area contributed by atoms with E-state index in [9.17, 15) is 32.0 Å². The summed E-state index contributed by atoms with van der Waals surface area (Å²) in [5.41, 5.74) is -3.10. The summed E-state index contributed by atoms with van der Waals surface area (Å²) >= 11 is 0. The van der Waals surface area contributed by atoms with E-state index in [4.69, 9.17) is 4.74 Å². The summed E-state index contributed by atoms with van der Waals surface area (Å²) in [6, 6.07) is 6.80. The average molecular weight is 400 g/mol. The first-order valence-electron chi connectivity index (χ1n) is 7.68. The SMILES string of the molecule is CC(C#N)(COc1cc(C(F)(F)F)ncn1)NC(=O)c1ccc(C(F)F)cc1. The number of nitrogens with one attached hydrogen (secondary N) is 1. The molecule has 1 aromatic carbocycles. The first-order valence-corrected chi connectivity index (χ1v) is 7.68.